The molecule has 0 fully saturated rings. The molecule has 28 heavy (non-hydrogen) atoms. The fourth-order valence-corrected chi connectivity index (χ4v) is 3.03. The van der Waals surface area contributed by atoms with Gasteiger partial charge in [0.1, 0.15) is 17.3 Å². The van der Waals surface area contributed by atoms with Crippen molar-refractivity contribution in [1.82, 2.24) is 10.1 Å². The molecule has 0 atom stereocenters. The lowest BCUT2D eigenvalue weighted by molar-refractivity contribution is -0.142. The molecular weight excluding hydrogens is 387 g/mol. The lowest BCUT2D eigenvalue weighted by atomic mass is 10.2. The molecule has 0 aliphatic rings. The first kappa shape index (κ1) is 19.7. The third-order valence-corrected chi connectivity index (χ3v) is 4.68. The van der Waals surface area contributed by atoms with Crippen LogP contribution in [0.15, 0.2) is 51.9 Å². The summed E-state index contributed by atoms with van der Waals surface area (Å²) in [6, 6.07) is 11.4. The highest BCUT2D eigenvalue weighted by molar-refractivity contribution is 8.00. The van der Waals surface area contributed by atoms with Gasteiger partial charge in [0, 0.05) is 11.0 Å². The summed E-state index contributed by atoms with van der Waals surface area (Å²) < 4.78 is 34.2. The van der Waals surface area contributed by atoms with E-state index in [0.717, 1.165) is 11.8 Å². The van der Waals surface area contributed by atoms with Gasteiger partial charge in [0.25, 0.3) is 5.89 Å². The highest BCUT2D eigenvalue weighted by Crippen LogP contribution is 2.31. The number of thioether (sulfide) groups is 1. The molecular formula is C19H17FN2O5S. The van der Waals surface area contributed by atoms with Gasteiger partial charge in [-0.3, -0.25) is 4.79 Å². The molecule has 0 bridgehead atoms. The molecule has 9 heteroatoms. The van der Waals surface area contributed by atoms with Crippen molar-refractivity contribution in [3.63, 3.8) is 0 Å². The van der Waals surface area contributed by atoms with Crippen molar-refractivity contribution in [3.8, 4) is 22.9 Å². The fourth-order valence-electron chi connectivity index (χ4n) is 2.29. The molecule has 7 nitrogen and oxygen atoms in total. The minimum atomic E-state index is -0.518. The smallest absolute Gasteiger partial charge is 0.316 e. The average molecular weight is 404 g/mol. The molecule has 1 heterocycles. The topological polar surface area (TPSA) is 83.7 Å². The highest BCUT2D eigenvalue weighted by Gasteiger charge is 2.16. The Morgan fingerprint density at radius 2 is 2.00 bits per heavy atom. The number of aromatic nitrogens is 2. The van der Waals surface area contributed by atoms with Crippen molar-refractivity contribution in [1.29, 1.82) is 0 Å². The van der Waals surface area contributed by atoms with E-state index in [0.29, 0.717) is 27.8 Å². The van der Waals surface area contributed by atoms with Gasteiger partial charge >= 0.3 is 5.97 Å². The van der Waals surface area contributed by atoms with Crippen molar-refractivity contribution in [2.75, 3.05) is 20.0 Å². The molecule has 0 amide bonds. The van der Waals surface area contributed by atoms with Gasteiger partial charge in [0.05, 0.1) is 25.5 Å². The van der Waals surface area contributed by atoms with Crippen molar-refractivity contribution in [3.05, 3.63) is 54.2 Å². The second-order valence-electron chi connectivity index (χ2n) is 5.46. The lowest BCUT2D eigenvalue weighted by Gasteiger charge is -2.07. The van der Waals surface area contributed by atoms with E-state index in [1.54, 1.807) is 43.5 Å². The van der Waals surface area contributed by atoms with Gasteiger partial charge in [-0.25, -0.2) is 4.39 Å². The summed E-state index contributed by atoms with van der Waals surface area (Å²) in [5.74, 6) is 0.651. The van der Waals surface area contributed by atoms with Crippen LogP contribution >= 0.6 is 11.8 Å². The fraction of sp³-hybridized carbons (Fsp3) is 0.211. The Morgan fingerprint density at radius 3 is 2.75 bits per heavy atom. The van der Waals surface area contributed by atoms with Gasteiger partial charge in [-0.1, -0.05) is 17.3 Å². The maximum Gasteiger partial charge on any atom is 0.316 e. The Balaban J connectivity index is 1.58. The van der Waals surface area contributed by atoms with E-state index in [1.807, 2.05) is 0 Å². The second kappa shape index (κ2) is 9.23. The van der Waals surface area contributed by atoms with Gasteiger partial charge < -0.3 is 18.7 Å². The average Bonchev–Trinajstić information content (AvgIpc) is 3.20. The van der Waals surface area contributed by atoms with E-state index in [9.17, 15) is 9.18 Å². The van der Waals surface area contributed by atoms with Crippen LogP contribution in [0, 0.1) is 5.82 Å². The van der Waals surface area contributed by atoms with Gasteiger partial charge in [-0.05, 0) is 24.3 Å². The normalized spacial score (nSPS) is 10.5. The van der Waals surface area contributed by atoms with Crippen molar-refractivity contribution in [2.24, 2.45) is 0 Å². The predicted octanol–water partition coefficient (Wildman–Crippen LogP) is 3.73. The van der Waals surface area contributed by atoms with Crippen LogP contribution in [0.25, 0.3) is 11.4 Å². The molecule has 0 aliphatic carbocycles. The highest BCUT2D eigenvalue weighted by atomic mass is 32.2. The molecule has 0 radical (unpaired) electrons. The minimum absolute atomic E-state index is 0.0335. The van der Waals surface area contributed by atoms with Crippen LogP contribution in [0.5, 0.6) is 11.5 Å². The lowest BCUT2D eigenvalue weighted by Crippen LogP contribution is -2.07. The molecule has 146 valence electrons. The van der Waals surface area contributed by atoms with Crippen LogP contribution in [0.3, 0.4) is 0 Å². The van der Waals surface area contributed by atoms with Crippen LogP contribution in [-0.4, -0.2) is 36.1 Å². The van der Waals surface area contributed by atoms with E-state index in [4.69, 9.17) is 18.7 Å². The van der Waals surface area contributed by atoms with Crippen LogP contribution in [0.4, 0.5) is 4.39 Å². The second-order valence-corrected chi connectivity index (χ2v) is 6.47. The van der Waals surface area contributed by atoms with Gasteiger partial charge in [0.2, 0.25) is 5.82 Å². The largest absolute Gasteiger partial charge is 0.497 e. The first-order valence-corrected chi connectivity index (χ1v) is 9.17. The number of rotatable bonds is 8. The number of ether oxygens (including phenoxy) is 3. The monoisotopic (exact) mass is 404 g/mol. The summed E-state index contributed by atoms with van der Waals surface area (Å²) in [5, 5.41) is 3.88. The summed E-state index contributed by atoms with van der Waals surface area (Å²) in [7, 11) is 3.08. The van der Waals surface area contributed by atoms with E-state index in [2.05, 4.69) is 10.1 Å². The van der Waals surface area contributed by atoms with Gasteiger partial charge in [0.15, 0.2) is 6.61 Å². The number of hydrogen-bond acceptors (Lipinski definition) is 8. The molecule has 1 aromatic heterocycles. The number of carbonyl (C=O) groups excluding carboxylic acids is 1. The van der Waals surface area contributed by atoms with E-state index >= 15 is 0 Å². The van der Waals surface area contributed by atoms with Gasteiger partial charge in [-0.2, -0.15) is 4.98 Å². The molecule has 0 aliphatic heterocycles. The predicted molar refractivity (Wildman–Crippen MR) is 99.8 cm³/mol. The van der Waals surface area contributed by atoms with Gasteiger partial charge in [-0.15, -0.1) is 11.8 Å². The molecule has 0 unspecified atom stereocenters. The van der Waals surface area contributed by atoms with Crippen LogP contribution in [0.1, 0.15) is 5.89 Å². The quantitative estimate of drug-likeness (QED) is 0.415. The Morgan fingerprint density at radius 1 is 1.18 bits per heavy atom. The third-order valence-electron chi connectivity index (χ3n) is 3.66. The maximum atomic E-state index is 13.5. The number of halogens is 1. The number of methoxy groups -OCH3 is 2. The molecule has 0 saturated carbocycles. The molecule has 0 saturated heterocycles. The summed E-state index contributed by atoms with van der Waals surface area (Å²) in [5.41, 5.74) is 0.611. The number of benzene rings is 2. The van der Waals surface area contributed by atoms with E-state index in [1.165, 1.54) is 13.2 Å². The van der Waals surface area contributed by atoms with Crippen LogP contribution < -0.4 is 9.47 Å². The van der Waals surface area contributed by atoms with Crippen molar-refractivity contribution < 1.29 is 27.9 Å². The first-order chi connectivity index (χ1) is 13.6. The van der Waals surface area contributed by atoms with Crippen LogP contribution in [0.2, 0.25) is 0 Å². The molecule has 3 rings (SSSR count). The van der Waals surface area contributed by atoms with Crippen LogP contribution in [-0.2, 0) is 16.1 Å². The standard InChI is InChI=1S/C19H17FN2O5S/c1-24-12-7-8-13(15(9-12)25-2)19-21-17(27-22-19)10-26-18(23)11-28-16-6-4-3-5-14(16)20/h3-9H,10-11H2,1-2H3. The van der Waals surface area contributed by atoms with Crippen molar-refractivity contribution in [2.45, 2.75) is 11.5 Å². The summed E-state index contributed by atoms with van der Waals surface area (Å²) in [6.45, 7) is -0.178. The Hall–Kier alpha value is -3.07. The number of esters is 1. The summed E-state index contributed by atoms with van der Waals surface area (Å²) >= 11 is 1.06. The number of hydrogen-bond donors (Lipinski definition) is 0. The molecule has 0 spiro atoms. The molecule has 2 aromatic carbocycles. The first-order valence-electron chi connectivity index (χ1n) is 8.18. The Bertz CT molecular complexity index is 963. The zero-order chi connectivity index (χ0) is 19.9. The van der Waals surface area contributed by atoms with E-state index in [-0.39, 0.29) is 24.1 Å². The Labute approximate surface area is 164 Å². The third kappa shape index (κ3) is 4.80. The molecule has 0 N–H and O–H groups in total. The minimum Gasteiger partial charge on any atom is -0.497 e. The number of nitrogens with zero attached hydrogens (tertiary/aromatic N) is 2. The zero-order valence-corrected chi connectivity index (χ0v) is 16.0. The van der Waals surface area contributed by atoms with Crippen molar-refractivity contribution >= 4 is 17.7 Å². The molecule has 3 aromatic rings. The summed E-state index contributed by atoms with van der Waals surface area (Å²) in [4.78, 5) is 16.4. The zero-order valence-electron chi connectivity index (χ0n) is 15.2. The maximum absolute atomic E-state index is 13.5. The summed E-state index contributed by atoms with van der Waals surface area (Å²) in [6.07, 6.45) is 0. The van der Waals surface area contributed by atoms with E-state index < -0.39 is 5.97 Å². The number of carbonyl (C=O) groups is 1. The Kier molecular flexibility index (Phi) is 6.49. The SMILES string of the molecule is COc1ccc(-c2noc(COC(=O)CSc3ccccc3F)n2)c(OC)c1.